The standard InChI is InChI=1S/C14H16F4O/c1-3-5-9(2)8-12(19)10-6-4-7-11(13(10)15)14(16,17)18/h4,6-7,9H,3,5,8H2,1-2H3. The predicted octanol–water partition coefficient (Wildman–Crippen LogP) is 4.85. The molecular formula is C14H16F4O. The lowest BCUT2D eigenvalue weighted by atomic mass is 9.95. The van der Waals surface area contributed by atoms with Crippen LogP contribution in [0.15, 0.2) is 18.2 Å². The Morgan fingerprint density at radius 2 is 1.95 bits per heavy atom. The van der Waals surface area contributed by atoms with Gasteiger partial charge in [0.15, 0.2) is 5.78 Å². The summed E-state index contributed by atoms with van der Waals surface area (Å²) in [7, 11) is 0. The van der Waals surface area contributed by atoms with Crippen molar-refractivity contribution in [1.82, 2.24) is 0 Å². The van der Waals surface area contributed by atoms with Crippen LogP contribution in [0, 0.1) is 11.7 Å². The van der Waals surface area contributed by atoms with E-state index in [1.807, 2.05) is 13.8 Å². The molecule has 0 saturated carbocycles. The molecule has 0 aliphatic heterocycles. The topological polar surface area (TPSA) is 17.1 Å². The van der Waals surface area contributed by atoms with Crippen LogP contribution in [0.3, 0.4) is 0 Å². The van der Waals surface area contributed by atoms with Gasteiger partial charge in [-0.15, -0.1) is 0 Å². The third kappa shape index (κ3) is 4.04. The highest BCUT2D eigenvalue weighted by Crippen LogP contribution is 2.32. The molecule has 0 radical (unpaired) electrons. The van der Waals surface area contributed by atoms with Crippen LogP contribution in [-0.2, 0) is 6.18 Å². The van der Waals surface area contributed by atoms with Gasteiger partial charge in [0, 0.05) is 6.42 Å². The van der Waals surface area contributed by atoms with Crippen LogP contribution in [0.1, 0.15) is 49.0 Å². The summed E-state index contributed by atoms with van der Waals surface area (Å²) in [5, 5.41) is 0. The van der Waals surface area contributed by atoms with Gasteiger partial charge < -0.3 is 0 Å². The van der Waals surface area contributed by atoms with Gasteiger partial charge in [0.2, 0.25) is 0 Å². The first kappa shape index (κ1) is 15.7. The third-order valence-electron chi connectivity index (χ3n) is 2.92. The fourth-order valence-corrected chi connectivity index (χ4v) is 1.99. The van der Waals surface area contributed by atoms with Crippen LogP contribution >= 0.6 is 0 Å². The molecule has 0 amide bonds. The van der Waals surface area contributed by atoms with E-state index in [1.54, 1.807) is 0 Å². The summed E-state index contributed by atoms with van der Waals surface area (Å²) < 4.78 is 51.3. The average Bonchev–Trinajstić information content (AvgIpc) is 2.27. The molecule has 0 aliphatic carbocycles. The lowest BCUT2D eigenvalue weighted by Gasteiger charge is -2.12. The number of benzene rings is 1. The maximum Gasteiger partial charge on any atom is 0.419 e. The highest BCUT2D eigenvalue weighted by atomic mass is 19.4. The van der Waals surface area contributed by atoms with E-state index >= 15 is 0 Å². The Hall–Kier alpha value is -1.39. The van der Waals surface area contributed by atoms with Gasteiger partial charge in [0.1, 0.15) is 5.82 Å². The first-order valence-electron chi connectivity index (χ1n) is 6.16. The molecule has 1 aromatic carbocycles. The van der Waals surface area contributed by atoms with Gasteiger partial charge in [-0.3, -0.25) is 4.79 Å². The first-order chi connectivity index (χ1) is 8.77. The number of hydrogen-bond acceptors (Lipinski definition) is 1. The summed E-state index contributed by atoms with van der Waals surface area (Å²) in [4.78, 5) is 11.8. The van der Waals surface area contributed by atoms with E-state index in [9.17, 15) is 22.4 Å². The van der Waals surface area contributed by atoms with Crippen LogP contribution in [0.2, 0.25) is 0 Å². The summed E-state index contributed by atoms with van der Waals surface area (Å²) >= 11 is 0. The zero-order valence-corrected chi connectivity index (χ0v) is 10.9. The minimum atomic E-state index is -4.78. The fourth-order valence-electron chi connectivity index (χ4n) is 1.99. The number of Topliss-reactive ketones (excluding diaryl/α,β-unsaturated/α-hetero) is 1. The molecule has 1 aromatic rings. The smallest absolute Gasteiger partial charge is 0.294 e. The first-order valence-corrected chi connectivity index (χ1v) is 6.16. The number of carbonyl (C=O) groups excluding carboxylic acids is 1. The van der Waals surface area contributed by atoms with Crippen molar-refractivity contribution < 1.29 is 22.4 Å². The van der Waals surface area contributed by atoms with E-state index < -0.39 is 28.9 Å². The Kier molecular flexibility index (Phi) is 5.09. The number of halogens is 4. The molecule has 0 spiro atoms. The molecule has 0 heterocycles. The lowest BCUT2D eigenvalue weighted by Crippen LogP contribution is -2.14. The Bertz CT molecular complexity index is 451. The Balaban J connectivity index is 2.99. The van der Waals surface area contributed by atoms with Crippen LogP contribution in [-0.4, -0.2) is 5.78 Å². The lowest BCUT2D eigenvalue weighted by molar-refractivity contribution is -0.140. The molecule has 5 heteroatoms. The Morgan fingerprint density at radius 1 is 1.32 bits per heavy atom. The minimum Gasteiger partial charge on any atom is -0.294 e. The van der Waals surface area contributed by atoms with Crippen LogP contribution < -0.4 is 0 Å². The van der Waals surface area contributed by atoms with Gasteiger partial charge >= 0.3 is 6.18 Å². The molecular weight excluding hydrogens is 260 g/mol. The monoisotopic (exact) mass is 276 g/mol. The van der Waals surface area contributed by atoms with E-state index in [-0.39, 0.29) is 12.3 Å². The highest BCUT2D eigenvalue weighted by molar-refractivity contribution is 5.96. The maximum atomic E-state index is 13.7. The van der Waals surface area contributed by atoms with Gasteiger partial charge in [0.05, 0.1) is 11.1 Å². The molecule has 0 aromatic heterocycles. The van der Waals surface area contributed by atoms with E-state index in [0.29, 0.717) is 6.07 Å². The SMILES string of the molecule is CCCC(C)CC(=O)c1cccc(C(F)(F)F)c1F. The normalized spacial score (nSPS) is 13.4. The summed E-state index contributed by atoms with van der Waals surface area (Å²) in [5.41, 5.74) is -1.86. The largest absolute Gasteiger partial charge is 0.419 e. The quantitative estimate of drug-likeness (QED) is 0.554. The van der Waals surface area contributed by atoms with Crippen LogP contribution in [0.25, 0.3) is 0 Å². The molecule has 0 aliphatic rings. The highest BCUT2D eigenvalue weighted by Gasteiger charge is 2.35. The second kappa shape index (κ2) is 6.17. The molecule has 0 bridgehead atoms. The van der Waals surface area contributed by atoms with Crippen molar-refractivity contribution in [3.63, 3.8) is 0 Å². The summed E-state index contributed by atoms with van der Waals surface area (Å²) in [6.45, 7) is 3.78. The van der Waals surface area contributed by atoms with Crippen molar-refractivity contribution in [2.45, 2.75) is 39.3 Å². The zero-order valence-electron chi connectivity index (χ0n) is 10.9. The molecule has 1 rings (SSSR count). The van der Waals surface area contributed by atoms with Crippen LogP contribution in [0.5, 0.6) is 0 Å². The summed E-state index contributed by atoms with van der Waals surface area (Å²) in [6, 6.07) is 2.80. The Labute approximate surface area is 109 Å². The van der Waals surface area contributed by atoms with Gasteiger partial charge in [-0.05, 0) is 18.1 Å². The molecule has 19 heavy (non-hydrogen) atoms. The van der Waals surface area contributed by atoms with Gasteiger partial charge in [-0.25, -0.2) is 4.39 Å². The number of alkyl halides is 3. The van der Waals surface area contributed by atoms with E-state index in [1.165, 1.54) is 0 Å². The Morgan fingerprint density at radius 3 is 2.47 bits per heavy atom. The average molecular weight is 276 g/mol. The van der Waals surface area contributed by atoms with Gasteiger partial charge in [0.25, 0.3) is 0 Å². The van der Waals surface area contributed by atoms with Crippen molar-refractivity contribution in [1.29, 1.82) is 0 Å². The maximum absolute atomic E-state index is 13.7. The second-order valence-electron chi connectivity index (χ2n) is 4.69. The van der Waals surface area contributed by atoms with Crippen molar-refractivity contribution in [3.8, 4) is 0 Å². The van der Waals surface area contributed by atoms with E-state index in [2.05, 4.69) is 0 Å². The fraction of sp³-hybridized carbons (Fsp3) is 0.500. The molecule has 106 valence electrons. The van der Waals surface area contributed by atoms with E-state index in [4.69, 9.17) is 0 Å². The summed E-state index contributed by atoms with van der Waals surface area (Å²) in [6.07, 6.45) is -3.06. The molecule has 1 nitrogen and oxygen atoms in total. The van der Waals surface area contributed by atoms with Gasteiger partial charge in [-0.2, -0.15) is 13.2 Å². The molecule has 0 saturated heterocycles. The van der Waals surface area contributed by atoms with Crippen molar-refractivity contribution in [3.05, 3.63) is 35.1 Å². The van der Waals surface area contributed by atoms with Crippen molar-refractivity contribution in [2.24, 2.45) is 5.92 Å². The number of ketones is 1. The third-order valence-corrected chi connectivity index (χ3v) is 2.92. The van der Waals surface area contributed by atoms with Crippen molar-refractivity contribution >= 4 is 5.78 Å². The molecule has 1 atom stereocenters. The zero-order chi connectivity index (χ0) is 14.6. The minimum absolute atomic E-state index is 0.0337. The van der Waals surface area contributed by atoms with E-state index in [0.717, 1.165) is 25.0 Å². The second-order valence-corrected chi connectivity index (χ2v) is 4.69. The number of rotatable bonds is 5. The van der Waals surface area contributed by atoms with Crippen molar-refractivity contribution in [2.75, 3.05) is 0 Å². The molecule has 1 unspecified atom stereocenters. The number of carbonyl (C=O) groups is 1. The number of hydrogen-bond donors (Lipinski definition) is 0. The van der Waals surface area contributed by atoms with Gasteiger partial charge in [-0.1, -0.05) is 32.8 Å². The molecule has 0 N–H and O–H groups in total. The summed E-state index contributed by atoms with van der Waals surface area (Å²) in [5.74, 6) is -2.01. The molecule has 0 fully saturated rings. The van der Waals surface area contributed by atoms with Crippen LogP contribution in [0.4, 0.5) is 17.6 Å². The predicted molar refractivity (Wildman–Crippen MR) is 64.4 cm³/mol.